The van der Waals surface area contributed by atoms with E-state index >= 15 is 0 Å². The average molecular weight is 545 g/mol. The summed E-state index contributed by atoms with van der Waals surface area (Å²) in [6, 6.07) is -1.42. The molecule has 0 unspecified atom stereocenters. The number of carbonyl (C=O) groups excluding carboxylic acids is 1. The fourth-order valence-corrected chi connectivity index (χ4v) is 4.46. The minimum Gasteiger partial charge on any atom is -0.394 e. The maximum Gasteiger partial charge on any atom is 0.217 e. The van der Waals surface area contributed by atoms with Crippen molar-refractivity contribution in [1.82, 2.24) is 5.32 Å². The number of nitrogens with one attached hydrogen (secondary N) is 1. The standard InChI is InChI=1S/C20H35NO16/c1-5(25)21-9-12(28)10(26)6(2-22)34-19(9)37-17-11(27)7(3-23)35-20(15(17)31)36-16-8(4-24)33-18(32)14(30)13(16)29/h6-20,22-24,26-32H,2-4H2,1H3,(H,21,25)/t6-,7-,8-,9-,10-,11+,12-,13-,14-,15-,16-,17+,18+,19-,20+/m1/s1. The second-order valence-corrected chi connectivity index (χ2v) is 9.07. The summed E-state index contributed by atoms with van der Waals surface area (Å²) >= 11 is 0. The van der Waals surface area contributed by atoms with Gasteiger partial charge in [-0.3, -0.25) is 4.79 Å². The molecule has 0 aromatic carbocycles. The molecule has 216 valence electrons. The summed E-state index contributed by atoms with van der Waals surface area (Å²) in [4.78, 5) is 11.7. The predicted octanol–water partition coefficient (Wildman–Crippen LogP) is -7.43. The summed E-state index contributed by atoms with van der Waals surface area (Å²) in [6.45, 7) is -1.25. The molecule has 0 spiro atoms. The number of amides is 1. The Balaban J connectivity index is 1.83. The van der Waals surface area contributed by atoms with Crippen molar-refractivity contribution in [2.24, 2.45) is 0 Å². The highest BCUT2D eigenvalue weighted by Crippen LogP contribution is 2.32. The second-order valence-electron chi connectivity index (χ2n) is 9.07. The van der Waals surface area contributed by atoms with Crippen LogP contribution in [0.5, 0.6) is 0 Å². The van der Waals surface area contributed by atoms with E-state index in [1.165, 1.54) is 0 Å². The second kappa shape index (κ2) is 12.8. The van der Waals surface area contributed by atoms with E-state index in [0.29, 0.717) is 0 Å². The maximum atomic E-state index is 11.7. The third-order valence-corrected chi connectivity index (χ3v) is 6.49. The molecule has 0 aliphatic carbocycles. The number of aliphatic hydroxyl groups excluding tert-OH is 10. The van der Waals surface area contributed by atoms with Crippen molar-refractivity contribution in [2.45, 2.75) is 99.0 Å². The maximum absolute atomic E-state index is 11.7. The lowest BCUT2D eigenvalue weighted by molar-refractivity contribution is -0.373. The number of rotatable bonds is 8. The van der Waals surface area contributed by atoms with Gasteiger partial charge in [0.15, 0.2) is 18.9 Å². The van der Waals surface area contributed by atoms with E-state index in [-0.39, 0.29) is 0 Å². The van der Waals surface area contributed by atoms with E-state index in [9.17, 15) is 55.9 Å². The topological polar surface area (TPSA) is 278 Å². The first-order valence-electron chi connectivity index (χ1n) is 11.6. The monoisotopic (exact) mass is 545 g/mol. The SMILES string of the molecule is CC(=O)N[C@H]1[C@@H](O[C@H]2[C@@H](O)[C@@H](CO)O[C@@H](O[C@H]3[C@H](O)[C@@H](O)[C@@H](O)O[C@@H]3CO)[C@@H]2O)O[C@H](CO)[C@@H](O)[C@@H]1O. The quantitative estimate of drug-likeness (QED) is 0.135. The van der Waals surface area contributed by atoms with Crippen molar-refractivity contribution >= 4 is 5.91 Å². The molecule has 3 aliphatic heterocycles. The Morgan fingerprint density at radius 1 is 0.649 bits per heavy atom. The molecule has 3 heterocycles. The summed E-state index contributed by atoms with van der Waals surface area (Å²) < 4.78 is 27.0. The van der Waals surface area contributed by atoms with Crippen molar-refractivity contribution in [3.8, 4) is 0 Å². The van der Waals surface area contributed by atoms with Crippen molar-refractivity contribution in [1.29, 1.82) is 0 Å². The number of aliphatic hydroxyl groups is 10. The third-order valence-electron chi connectivity index (χ3n) is 6.49. The van der Waals surface area contributed by atoms with Crippen LogP contribution in [0.3, 0.4) is 0 Å². The van der Waals surface area contributed by atoms with Gasteiger partial charge in [0, 0.05) is 6.92 Å². The van der Waals surface area contributed by atoms with Gasteiger partial charge < -0.3 is 80.1 Å². The van der Waals surface area contributed by atoms with Crippen LogP contribution < -0.4 is 5.32 Å². The van der Waals surface area contributed by atoms with E-state index < -0.39 is 118 Å². The predicted molar refractivity (Wildman–Crippen MR) is 113 cm³/mol. The molecule has 0 radical (unpaired) electrons. The molecule has 15 atom stereocenters. The van der Waals surface area contributed by atoms with Gasteiger partial charge in [-0.25, -0.2) is 0 Å². The van der Waals surface area contributed by atoms with Gasteiger partial charge in [0.2, 0.25) is 5.91 Å². The molecule has 37 heavy (non-hydrogen) atoms. The molecule has 3 fully saturated rings. The van der Waals surface area contributed by atoms with E-state index in [0.717, 1.165) is 6.92 Å². The lowest BCUT2D eigenvalue weighted by Gasteiger charge is -2.48. The minimum absolute atomic E-state index is 0.652. The molecule has 0 saturated carbocycles. The van der Waals surface area contributed by atoms with Crippen LogP contribution in [0.15, 0.2) is 0 Å². The average Bonchev–Trinajstić information content (AvgIpc) is 2.86. The molecule has 3 aliphatic rings. The highest BCUT2D eigenvalue weighted by Gasteiger charge is 2.53. The first-order valence-corrected chi connectivity index (χ1v) is 11.6. The van der Waals surface area contributed by atoms with Gasteiger partial charge in [-0.05, 0) is 0 Å². The van der Waals surface area contributed by atoms with Crippen molar-refractivity contribution in [3.05, 3.63) is 0 Å². The number of hydrogen-bond acceptors (Lipinski definition) is 16. The van der Waals surface area contributed by atoms with Gasteiger partial charge in [0.1, 0.15) is 73.2 Å². The first kappa shape index (κ1) is 30.4. The summed E-state index contributed by atoms with van der Waals surface area (Å²) in [7, 11) is 0. The summed E-state index contributed by atoms with van der Waals surface area (Å²) in [6.07, 6.45) is -23.4. The largest absolute Gasteiger partial charge is 0.394 e. The van der Waals surface area contributed by atoms with Crippen LogP contribution in [0.2, 0.25) is 0 Å². The Bertz CT molecular complexity index is 745. The number of hydrogen-bond donors (Lipinski definition) is 11. The Morgan fingerprint density at radius 2 is 1.19 bits per heavy atom. The van der Waals surface area contributed by atoms with Crippen LogP contribution in [0.1, 0.15) is 6.92 Å². The Kier molecular flexibility index (Phi) is 10.5. The molecule has 3 saturated heterocycles. The summed E-state index contributed by atoms with van der Waals surface area (Å²) in [5.41, 5.74) is 0. The molecule has 0 bridgehead atoms. The first-order chi connectivity index (χ1) is 17.4. The lowest BCUT2D eigenvalue weighted by Crippen LogP contribution is -2.68. The zero-order valence-electron chi connectivity index (χ0n) is 19.7. The molecular weight excluding hydrogens is 510 g/mol. The van der Waals surface area contributed by atoms with Gasteiger partial charge >= 0.3 is 0 Å². The van der Waals surface area contributed by atoms with Gasteiger partial charge in [-0.1, -0.05) is 0 Å². The normalized spacial score (nSPS) is 49.0. The molecule has 0 aromatic rings. The summed E-state index contributed by atoms with van der Waals surface area (Å²) in [5.74, 6) is -0.652. The molecule has 11 N–H and O–H groups in total. The zero-order chi connectivity index (χ0) is 27.6. The van der Waals surface area contributed by atoms with Crippen LogP contribution in [-0.2, 0) is 28.5 Å². The van der Waals surface area contributed by atoms with Crippen molar-refractivity contribution < 1.29 is 79.5 Å². The molecular formula is C20H35NO16. The molecule has 0 aromatic heterocycles. The van der Waals surface area contributed by atoms with E-state index in [1.807, 2.05) is 0 Å². The Hall–Kier alpha value is -1.13. The fourth-order valence-electron chi connectivity index (χ4n) is 4.46. The molecule has 3 rings (SSSR count). The number of carbonyl (C=O) groups is 1. The molecule has 1 amide bonds. The van der Waals surface area contributed by atoms with Crippen LogP contribution in [0.4, 0.5) is 0 Å². The van der Waals surface area contributed by atoms with Crippen LogP contribution >= 0.6 is 0 Å². The van der Waals surface area contributed by atoms with E-state index in [2.05, 4.69) is 5.32 Å². The van der Waals surface area contributed by atoms with Gasteiger partial charge in [0.05, 0.1) is 19.8 Å². The van der Waals surface area contributed by atoms with Crippen LogP contribution in [-0.4, -0.2) is 169 Å². The minimum atomic E-state index is -1.91. The third kappa shape index (κ3) is 6.38. The lowest BCUT2D eigenvalue weighted by atomic mass is 9.95. The highest BCUT2D eigenvalue weighted by molar-refractivity contribution is 5.73. The van der Waals surface area contributed by atoms with Crippen LogP contribution in [0, 0.1) is 0 Å². The molecule has 17 nitrogen and oxygen atoms in total. The van der Waals surface area contributed by atoms with E-state index in [4.69, 9.17) is 23.7 Å². The number of ether oxygens (including phenoxy) is 5. The fraction of sp³-hybridized carbons (Fsp3) is 0.950. The van der Waals surface area contributed by atoms with Gasteiger partial charge in [-0.15, -0.1) is 0 Å². The smallest absolute Gasteiger partial charge is 0.217 e. The van der Waals surface area contributed by atoms with Crippen molar-refractivity contribution in [2.75, 3.05) is 19.8 Å². The van der Waals surface area contributed by atoms with Crippen molar-refractivity contribution in [3.63, 3.8) is 0 Å². The van der Waals surface area contributed by atoms with Gasteiger partial charge in [0.25, 0.3) is 0 Å². The summed E-state index contributed by atoms with van der Waals surface area (Å²) in [5, 5.41) is 103. The van der Waals surface area contributed by atoms with E-state index in [1.54, 1.807) is 0 Å². The highest BCUT2D eigenvalue weighted by atomic mass is 16.7. The van der Waals surface area contributed by atoms with Gasteiger partial charge in [-0.2, -0.15) is 0 Å². The van der Waals surface area contributed by atoms with Crippen LogP contribution in [0.25, 0.3) is 0 Å². The zero-order valence-corrected chi connectivity index (χ0v) is 19.7. The Morgan fingerprint density at radius 3 is 1.76 bits per heavy atom. The Labute approximate surface area is 210 Å². The molecule has 17 heteroatoms.